The largest absolute Gasteiger partial charge is 0.384 e. The summed E-state index contributed by atoms with van der Waals surface area (Å²) in [5, 5.41) is 0. The summed E-state index contributed by atoms with van der Waals surface area (Å²) < 4.78 is 5.22. The molecule has 0 amide bonds. The van der Waals surface area contributed by atoms with Gasteiger partial charge in [-0.05, 0) is 31.7 Å². The SMILES string of the molecule is COCC1CCN(CC2(C=O)CCCCC2)C1. The molecule has 3 heteroatoms. The first-order valence-electron chi connectivity index (χ1n) is 6.96. The standard InChI is InChI=1S/C14H25NO2/c1-17-10-13-5-8-15(9-13)11-14(12-16)6-3-2-4-7-14/h12-13H,2-11H2,1H3. The van der Waals surface area contributed by atoms with E-state index in [4.69, 9.17) is 4.74 Å². The van der Waals surface area contributed by atoms with Crippen molar-refractivity contribution in [3.05, 3.63) is 0 Å². The van der Waals surface area contributed by atoms with Gasteiger partial charge in [-0.1, -0.05) is 19.3 Å². The molecule has 0 aromatic rings. The van der Waals surface area contributed by atoms with Gasteiger partial charge in [0.15, 0.2) is 0 Å². The topological polar surface area (TPSA) is 29.5 Å². The molecule has 0 aromatic carbocycles. The summed E-state index contributed by atoms with van der Waals surface area (Å²) in [4.78, 5) is 13.9. The van der Waals surface area contributed by atoms with Gasteiger partial charge in [0.05, 0.1) is 6.61 Å². The molecule has 1 saturated carbocycles. The molecule has 1 unspecified atom stereocenters. The van der Waals surface area contributed by atoms with Crippen LogP contribution in [0.2, 0.25) is 0 Å². The van der Waals surface area contributed by atoms with E-state index in [1.165, 1.54) is 32.0 Å². The van der Waals surface area contributed by atoms with Gasteiger partial charge in [-0.3, -0.25) is 0 Å². The number of nitrogens with zero attached hydrogens (tertiary/aromatic N) is 1. The van der Waals surface area contributed by atoms with Crippen LogP contribution in [0.25, 0.3) is 0 Å². The first-order chi connectivity index (χ1) is 8.28. The van der Waals surface area contributed by atoms with Gasteiger partial charge in [0.2, 0.25) is 0 Å². The maximum absolute atomic E-state index is 11.4. The van der Waals surface area contributed by atoms with Crippen LogP contribution in [-0.2, 0) is 9.53 Å². The van der Waals surface area contributed by atoms with Gasteiger partial charge < -0.3 is 14.4 Å². The van der Waals surface area contributed by atoms with Crippen LogP contribution in [0.5, 0.6) is 0 Å². The Labute approximate surface area is 105 Å². The molecule has 3 nitrogen and oxygen atoms in total. The van der Waals surface area contributed by atoms with Crippen LogP contribution in [0.15, 0.2) is 0 Å². The summed E-state index contributed by atoms with van der Waals surface area (Å²) in [7, 11) is 1.77. The van der Waals surface area contributed by atoms with E-state index < -0.39 is 0 Å². The highest BCUT2D eigenvalue weighted by atomic mass is 16.5. The summed E-state index contributed by atoms with van der Waals surface area (Å²) in [5.74, 6) is 0.673. The molecule has 0 N–H and O–H groups in total. The molecule has 1 heterocycles. The Bertz CT molecular complexity index is 249. The second kappa shape index (κ2) is 5.96. The fraction of sp³-hybridized carbons (Fsp3) is 0.929. The lowest BCUT2D eigenvalue weighted by atomic mass is 9.75. The number of likely N-dealkylation sites (tertiary alicyclic amines) is 1. The van der Waals surface area contributed by atoms with E-state index >= 15 is 0 Å². The van der Waals surface area contributed by atoms with E-state index in [0.717, 1.165) is 39.1 Å². The van der Waals surface area contributed by atoms with Gasteiger partial charge in [0.1, 0.15) is 6.29 Å². The predicted molar refractivity (Wildman–Crippen MR) is 68.0 cm³/mol. The van der Waals surface area contributed by atoms with Crippen molar-refractivity contribution in [1.29, 1.82) is 0 Å². The molecular weight excluding hydrogens is 214 g/mol. The van der Waals surface area contributed by atoms with Crippen LogP contribution >= 0.6 is 0 Å². The van der Waals surface area contributed by atoms with Crippen LogP contribution in [-0.4, -0.2) is 44.5 Å². The summed E-state index contributed by atoms with van der Waals surface area (Å²) >= 11 is 0. The fourth-order valence-corrected chi connectivity index (χ4v) is 3.44. The third kappa shape index (κ3) is 3.29. The molecule has 17 heavy (non-hydrogen) atoms. The average molecular weight is 239 g/mol. The van der Waals surface area contributed by atoms with E-state index in [1.54, 1.807) is 7.11 Å². The zero-order valence-corrected chi connectivity index (χ0v) is 11.0. The molecule has 0 spiro atoms. The number of rotatable bonds is 5. The number of hydrogen-bond donors (Lipinski definition) is 0. The highest BCUT2D eigenvalue weighted by Gasteiger charge is 2.35. The summed E-state index contributed by atoms with van der Waals surface area (Å²) in [6.45, 7) is 4.11. The zero-order chi connectivity index (χ0) is 12.1. The van der Waals surface area contributed by atoms with Crippen molar-refractivity contribution in [3.8, 4) is 0 Å². The molecular formula is C14H25NO2. The van der Waals surface area contributed by atoms with E-state index in [0.29, 0.717) is 5.92 Å². The molecule has 2 rings (SSSR count). The number of carbonyl (C=O) groups excluding carboxylic acids is 1. The molecule has 2 aliphatic rings. The van der Waals surface area contributed by atoms with Gasteiger partial charge in [-0.2, -0.15) is 0 Å². The van der Waals surface area contributed by atoms with Gasteiger partial charge >= 0.3 is 0 Å². The predicted octanol–water partition coefficient (Wildman–Crippen LogP) is 2.10. The Morgan fingerprint density at radius 2 is 2.12 bits per heavy atom. The van der Waals surface area contributed by atoms with Crippen molar-refractivity contribution >= 4 is 6.29 Å². The Kier molecular flexibility index (Phi) is 4.57. The number of aldehydes is 1. The number of ether oxygens (including phenoxy) is 1. The van der Waals surface area contributed by atoms with Crippen molar-refractivity contribution in [2.75, 3.05) is 33.4 Å². The first kappa shape index (κ1) is 13.0. The van der Waals surface area contributed by atoms with Gasteiger partial charge in [-0.15, -0.1) is 0 Å². The normalized spacial score (nSPS) is 29.4. The van der Waals surface area contributed by atoms with Crippen LogP contribution in [0.4, 0.5) is 0 Å². The molecule has 1 aliphatic carbocycles. The quantitative estimate of drug-likeness (QED) is 0.688. The van der Waals surface area contributed by atoms with Crippen LogP contribution in [0.3, 0.4) is 0 Å². The van der Waals surface area contributed by atoms with Gasteiger partial charge in [0, 0.05) is 25.6 Å². The van der Waals surface area contributed by atoms with Gasteiger partial charge in [0.25, 0.3) is 0 Å². The van der Waals surface area contributed by atoms with Gasteiger partial charge in [-0.25, -0.2) is 0 Å². The Hall–Kier alpha value is -0.410. The van der Waals surface area contributed by atoms with E-state index in [9.17, 15) is 4.79 Å². The Morgan fingerprint density at radius 3 is 2.76 bits per heavy atom. The number of hydrogen-bond acceptors (Lipinski definition) is 3. The highest BCUT2D eigenvalue weighted by Crippen LogP contribution is 2.36. The second-order valence-corrected chi connectivity index (χ2v) is 5.89. The van der Waals surface area contributed by atoms with Crippen LogP contribution in [0.1, 0.15) is 38.5 Å². The smallest absolute Gasteiger partial charge is 0.127 e. The lowest BCUT2D eigenvalue weighted by molar-refractivity contribution is -0.119. The lowest BCUT2D eigenvalue weighted by Gasteiger charge is -2.35. The molecule has 98 valence electrons. The Morgan fingerprint density at radius 1 is 1.35 bits per heavy atom. The lowest BCUT2D eigenvalue weighted by Crippen LogP contribution is -2.39. The van der Waals surface area contributed by atoms with Crippen LogP contribution in [0, 0.1) is 11.3 Å². The minimum Gasteiger partial charge on any atom is -0.384 e. The summed E-state index contributed by atoms with van der Waals surface area (Å²) in [5.41, 5.74) is -0.0276. The molecule has 1 aliphatic heterocycles. The van der Waals surface area contributed by atoms with E-state index in [-0.39, 0.29) is 5.41 Å². The highest BCUT2D eigenvalue weighted by molar-refractivity contribution is 5.60. The third-order valence-corrected chi connectivity index (χ3v) is 4.41. The van der Waals surface area contributed by atoms with Crippen LogP contribution < -0.4 is 0 Å². The summed E-state index contributed by atoms with van der Waals surface area (Å²) in [6, 6.07) is 0. The zero-order valence-electron chi connectivity index (χ0n) is 11.0. The molecule has 2 fully saturated rings. The number of carbonyl (C=O) groups is 1. The number of methoxy groups -OCH3 is 1. The van der Waals surface area contributed by atoms with Crippen molar-refractivity contribution in [2.24, 2.45) is 11.3 Å². The monoisotopic (exact) mass is 239 g/mol. The molecule has 0 bridgehead atoms. The first-order valence-corrected chi connectivity index (χ1v) is 6.96. The van der Waals surface area contributed by atoms with Crippen molar-refractivity contribution in [2.45, 2.75) is 38.5 Å². The molecule has 0 radical (unpaired) electrons. The molecule has 0 aromatic heterocycles. The maximum Gasteiger partial charge on any atom is 0.127 e. The fourth-order valence-electron chi connectivity index (χ4n) is 3.44. The Balaban J connectivity index is 1.85. The molecule has 1 atom stereocenters. The third-order valence-electron chi connectivity index (χ3n) is 4.41. The summed E-state index contributed by atoms with van der Waals surface area (Å²) in [6.07, 6.45) is 8.44. The van der Waals surface area contributed by atoms with E-state index in [2.05, 4.69) is 4.90 Å². The average Bonchev–Trinajstić information content (AvgIpc) is 2.78. The second-order valence-electron chi connectivity index (χ2n) is 5.89. The minimum atomic E-state index is -0.0276. The van der Waals surface area contributed by atoms with E-state index in [1.807, 2.05) is 0 Å². The minimum absolute atomic E-state index is 0.0276. The maximum atomic E-state index is 11.4. The van der Waals surface area contributed by atoms with Crippen molar-refractivity contribution in [1.82, 2.24) is 4.90 Å². The molecule has 1 saturated heterocycles. The van der Waals surface area contributed by atoms with Crippen molar-refractivity contribution in [3.63, 3.8) is 0 Å². The van der Waals surface area contributed by atoms with Crippen molar-refractivity contribution < 1.29 is 9.53 Å².